The molecule has 2 heterocycles. The molecule has 6 nitrogen and oxygen atoms in total. The second-order valence-electron chi connectivity index (χ2n) is 5.09. The van der Waals surface area contributed by atoms with E-state index in [1.54, 1.807) is 0 Å². The minimum atomic E-state index is -0.298. The number of piperazine rings is 1. The summed E-state index contributed by atoms with van der Waals surface area (Å²) in [5, 5.41) is 3.27. The second-order valence-corrected chi connectivity index (χ2v) is 5.09. The first kappa shape index (κ1) is 13.3. The van der Waals surface area contributed by atoms with Crippen LogP contribution >= 0.6 is 0 Å². The molecule has 2 aliphatic rings. The average Bonchev–Trinajstić information content (AvgIpc) is 2.39. The molecule has 102 valence electrons. The highest BCUT2D eigenvalue weighted by atomic mass is 16.2. The van der Waals surface area contributed by atoms with Gasteiger partial charge in [0.1, 0.15) is 0 Å². The molecule has 0 aromatic carbocycles. The van der Waals surface area contributed by atoms with Gasteiger partial charge in [-0.1, -0.05) is 0 Å². The molecule has 0 aliphatic carbocycles. The zero-order chi connectivity index (χ0) is 13.0. The van der Waals surface area contributed by atoms with E-state index in [9.17, 15) is 9.59 Å². The number of amides is 2. The zero-order valence-corrected chi connectivity index (χ0v) is 10.7. The van der Waals surface area contributed by atoms with Crippen molar-refractivity contribution < 1.29 is 9.59 Å². The number of piperidine rings is 1. The van der Waals surface area contributed by atoms with Crippen molar-refractivity contribution in [2.24, 2.45) is 11.7 Å². The molecule has 0 radical (unpaired) electrons. The number of nitrogens with zero attached hydrogens (tertiary/aromatic N) is 2. The monoisotopic (exact) mass is 254 g/mol. The quantitative estimate of drug-likeness (QED) is 0.650. The maximum Gasteiger partial charge on any atom is 0.231 e. The molecule has 0 spiro atoms. The van der Waals surface area contributed by atoms with Crippen molar-refractivity contribution in [2.45, 2.75) is 12.8 Å². The Morgan fingerprint density at radius 3 is 2.28 bits per heavy atom. The summed E-state index contributed by atoms with van der Waals surface area (Å²) >= 11 is 0. The van der Waals surface area contributed by atoms with Crippen molar-refractivity contribution in [3.05, 3.63) is 0 Å². The molecule has 0 aromatic heterocycles. The van der Waals surface area contributed by atoms with Crippen molar-refractivity contribution in [3.63, 3.8) is 0 Å². The van der Waals surface area contributed by atoms with Gasteiger partial charge in [-0.15, -0.1) is 0 Å². The highest BCUT2D eigenvalue weighted by Gasteiger charge is 2.28. The molecule has 0 unspecified atom stereocenters. The first-order valence-electron chi connectivity index (χ1n) is 6.67. The SMILES string of the molecule is NC(=O)CN1CCN(C(=O)C2CCNCC2)CC1. The summed E-state index contributed by atoms with van der Waals surface area (Å²) in [7, 11) is 0. The topological polar surface area (TPSA) is 78.7 Å². The summed E-state index contributed by atoms with van der Waals surface area (Å²) in [6, 6.07) is 0. The Labute approximate surface area is 107 Å². The Balaban J connectivity index is 1.78. The highest BCUT2D eigenvalue weighted by molar-refractivity contribution is 5.79. The van der Waals surface area contributed by atoms with E-state index in [0.717, 1.165) is 52.1 Å². The first-order chi connectivity index (χ1) is 8.66. The van der Waals surface area contributed by atoms with Crippen LogP contribution in [0.2, 0.25) is 0 Å². The van der Waals surface area contributed by atoms with E-state index in [0.29, 0.717) is 6.54 Å². The maximum atomic E-state index is 12.3. The lowest BCUT2D eigenvalue weighted by Crippen LogP contribution is -2.52. The van der Waals surface area contributed by atoms with Crippen LogP contribution in [0.15, 0.2) is 0 Å². The van der Waals surface area contributed by atoms with Crippen LogP contribution in [0.4, 0.5) is 0 Å². The summed E-state index contributed by atoms with van der Waals surface area (Å²) in [6.45, 7) is 5.12. The lowest BCUT2D eigenvalue weighted by Gasteiger charge is -2.36. The number of hydrogen-bond acceptors (Lipinski definition) is 4. The Morgan fingerprint density at radius 1 is 1.11 bits per heavy atom. The van der Waals surface area contributed by atoms with Gasteiger partial charge in [-0.2, -0.15) is 0 Å². The fourth-order valence-corrected chi connectivity index (χ4v) is 2.67. The van der Waals surface area contributed by atoms with E-state index in [4.69, 9.17) is 5.73 Å². The van der Waals surface area contributed by atoms with Crippen LogP contribution in [-0.2, 0) is 9.59 Å². The van der Waals surface area contributed by atoms with Crippen LogP contribution in [0.3, 0.4) is 0 Å². The molecule has 0 atom stereocenters. The van der Waals surface area contributed by atoms with Crippen LogP contribution in [0.1, 0.15) is 12.8 Å². The molecule has 6 heteroatoms. The standard InChI is InChI=1S/C12H22N4O2/c13-11(17)9-15-5-7-16(8-6-15)12(18)10-1-3-14-4-2-10/h10,14H,1-9H2,(H2,13,17). The molecule has 0 saturated carbocycles. The van der Waals surface area contributed by atoms with Gasteiger partial charge < -0.3 is 16.0 Å². The van der Waals surface area contributed by atoms with Crippen LogP contribution in [0.5, 0.6) is 0 Å². The molecule has 2 amide bonds. The van der Waals surface area contributed by atoms with E-state index in [2.05, 4.69) is 5.32 Å². The Bertz CT molecular complexity index is 307. The van der Waals surface area contributed by atoms with Crippen LogP contribution in [0, 0.1) is 5.92 Å². The van der Waals surface area contributed by atoms with Gasteiger partial charge in [-0.3, -0.25) is 14.5 Å². The minimum absolute atomic E-state index is 0.189. The smallest absolute Gasteiger partial charge is 0.231 e. The molecule has 3 N–H and O–H groups in total. The number of carbonyl (C=O) groups is 2. The van der Waals surface area contributed by atoms with E-state index in [-0.39, 0.29) is 17.7 Å². The second kappa shape index (κ2) is 6.15. The number of primary amides is 1. The lowest BCUT2D eigenvalue weighted by atomic mass is 9.96. The summed E-state index contributed by atoms with van der Waals surface area (Å²) in [4.78, 5) is 27.0. The third-order valence-corrected chi connectivity index (χ3v) is 3.75. The predicted molar refractivity (Wildman–Crippen MR) is 67.8 cm³/mol. The molecular formula is C12H22N4O2. The Kier molecular flexibility index (Phi) is 4.54. The van der Waals surface area contributed by atoms with Gasteiger partial charge in [0, 0.05) is 32.1 Å². The fraction of sp³-hybridized carbons (Fsp3) is 0.833. The van der Waals surface area contributed by atoms with Crippen molar-refractivity contribution in [1.82, 2.24) is 15.1 Å². The Hall–Kier alpha value is -1.14. The van der Waals surface area contributed by atoms with Crippen molar-refractivity contribution in [3.8, 4) is 0 Å². The van der Waals surface area contributed by atoms with Crippen molar-refractivity contribution in [2.75, 3.05) is 45.8 Å². The molecule has 18 heavy (non-hydrogen) atoms. The normalized spacial score (nSPS) is 23.0. The van der Waals surface area contributed by atoms with Crippen molar-refractivity contribution >= 4 is 11.8 Å². The minimum Gasteiger partial charge on any atom is -0.369 e. The zero-order valence-electron chi connectivity index (χ0n) is 10.7. The third-order valence-electron chi connectivity index (χ3n) is 3.75. The van der Waals surface area contributed by atoms with Gasteiger partial charge in [-0.05, 0) is 25.9 Å². The molecular weight excluding hydrogens is 232 g/mol. The van der Waals surface area contributed by atoms with E-state index in [1.165, 1.54) is 0 Å². The molecule has 0 aromatic rings. The molecule has 2 saturated heterocycles. The van der Waals surface area contributed by atoms with Gasteiger partial charge in [-0.25, -0.2) is 0 Å². The van der Waals surface area contributed by atoms with Crippen LogP contribution in [0.25, 0.3) is 0 Å². The maximum absolute atomic E-state index is 12.3. The van der Waals surface area contributed by atoms with Crippen molar-refractivity contribution in [1.29, 1.82) is 0 Å². The van der Waals surface area contributed by atoms with Gasteiger partial charge >= 0.3 is 0 Å². The predicted octanol–water partition coefficient (Wildman–Crippen LogP) is -1.38. The fourth-order valence-electron chi connectivity index (χ4n) is 2.67. The Morgan fingerprint density at radius 2 is 1.72 bits per heavy atom. The lowest BCUT2D eigenvalue weighted by molar-refractivity contribution is -0.138. The third kappa shape index (κ3) is 3.43. The number of hydrogen-bond donors (Lipinski definition) is 2. The number of nitrogens with two attached hydrogens (primary N) is 1. The number of rotatable bonds is 3. The molecule has 2 fully saturated rings. The van der Waals surface area contributed by atoms with Gasteiger partial charge in [0.25, 0.3) is 0 Å². The van der Waals surface area contributed by atoms with Crippen LogP contribution in [-0.4, -0.2) is 67.4 Å². The number of carbonyl (C=O) groups excluding carboxylic acids is 2. The van der Waals surface area contributed by atoms with Gasteiger partial charge in [0.15, 0.2) is 0 Å². The van der Waals surface area contributed by atoms with E-state index >= 15 is 0 Å². The number of nitrogens with one attached hydrogen (secondary N) is 1. The average molecular weight is 254 g/mol. The summed E-state index contributed by atoms with van der Waals surface area (Å²) in [5.74, 6) is 0.178. The largest absolute Gasteiger partial charge is 0.369 e. The van der Waals surface area contributed by atoms with Gasteiger partial charge in [0.2, 0.25) is 11.8 Å². The summed E-state index contributed by atoms with van der Waals surface area (Å²) in [6.07, 6.45) is 1.89. The molecule has 2 rings (SSSR count). The van der Waals surface area contributed by atoms with Crippen LogP contribution < -0.4 is 11.1 Å². The summed E-state index contributed by atoms with van der Waals surface area (Å²) in [5.41, 5.74) is 5.17. The summed E-state index contributed by atoms with van der Waals surface area (Å²) < 4.78 is 0. The van der Waals surface area contributed by atoms with E-state index in [1.807, 2.05) is 9.80 Å². The van der Waals surface area contributed by atoms with E-state index < -0.39 is 0 Å². The molecule has 0 bridgehead atoms. The highest BCUT2D eigenvalue weighted by Crippen LogP contribution is 2.16. The van der Waals surface area contributed by atoms with Gasteiger partial charge in [0.05, 0.1) is 6.54 Å². The molecule has 2 aliphatic heterocycles. The first-order valence-corrected chi connectivity index (χ1v) is 6.67.